The highest BCUT2D eigenvalue weighted by Crippen LogP contribution is 2.17. The van der Waals surface area contributed by atoms with Gasteiger partial charge in [0.25, 0.3) is 0 Å². The van der Waals surface area contributed by atoms with E-state index in [1.165, 1.54) is 0 Å². The molecule has 0 spiro atoms. The van der Waals surface area contributed by atoms with Gasteiger partial charge >= 0.3 is 6.03 Å². The summed E-state index contributed by atoms with van der Waals surface area (Å²) in [4.78, 5) is 14.0. The molecule has 98 valence electrons. The first-order valence-corrected chi connectivity index (χ1v) is 6.38. The zero-order valence-electron chi connectivity index (χ0n) is 10.5. The number of carbonyl (C=O) groups is 1. The highest BCUT2D eigenvalue weighted by atomic mass is 35.5. The van der Waals surface area contributed by atoms with Crippen LogP contribution < -0.4 is 5.32 Å². The monoisotopic (exact) mass is 268 g/mol. The first-order chi connectivity index (χ1) is 8.58. The Hall–Kier alpha value is -1.26. The number of morpholine rings is 1. The number of hydrogen-bond donors (Lipinski definition) is 1. The predicted octanol–water partition coefficient (Wildman–Crippen LogP) is 2.98. The van der Waals surface area contributed by atoms with E-state index < -0.39 is 0 Å². The molecule has 1 aromatic carbocycles. The number of nitrogens with zero attached hydrogens (tertiary/aromatic N) is 1. The normalized spacial score (nSPS) is 23.8. The summed E-state index contributed by atoms with van der Waals surface area (Å²) in [7, 11) is 0. The van der Waals surface area contributed by atoms with Gasteiger partial charge in [-0.1, -0.05) is 11.6 Å². The second kappa shape index (κ2) is 5.59. The SMILES string of the molecule is CC1COCC(C)N1C(=O)Nc1ccc(Cl)cc1. The maximum atomic E-state index is 12.2. The summed E-state index contributed by atoms with van der Waals surface area (Å²) in [6.45, 7) is 5.13. The van der Waals surface area contributed by atoms with Gasteiger partial charge in [0, 0.05) is 10.7 Å². The minimum Gasteiger partial charge on any atom is -0.377 e. The molecule has 18 heavy (non-hydrogen) atoms. The third-order valence-corrected chi connectivity index (χ3v) is 3.25. The number of ether oxygens (including phenoxy) is 1. The number of urea groups is 1. The van der Waals surface area contributed by atoms with Crippen LogP contribution in [0.25, 0.3) is 0 Å². The smallest absolute Gasteiger partial charge is 0.322 e. The van der Waals surface area contributed by atoms with Crippen molar-refractivity contribution in [1.82, 2.24) is 4.90 Å². The molecule has 1 aromatic rings. The molecular weight excluding hydrogens is 252 g/mol. The molecule has 1 heterocycles. The van der Waals surface area contributed by atoms with Crippen LogP contribution in [-0.4, -0.2) is 36.2 Å². The topological polar surface area (TPSA) is 41.6 Å². The van der Waals surface area contributed by atoms with E-state index in [1.807, 2.05) is 18.7 Å². The van der Waals surface area contributed by atoms with Gasteiger partial charge in [0.05, 0.1) is 25.3 Å². The van der Waals surface area contributed by atoms with Gasteiger partial charge in [0.2, 0.25) is 0 Å². The standard InChI is InChI=1S/C13H17ClN2O2/c1-9-7-18-8-10(2)16(9)13(17)15-12-5-3-11(14)4-6-12/h3-6,9-10H,7-8H2,1-2H3,(H,15,17). The lowest BCUT2D eigenvalue weighted by atomic mass is 10.2. The van der Waals surface area contributed by atoms with Crippen molar-refractivity contribution in [3.05, 3.63) is 29.3 Å². The summed E-state index contributed by atoms with van der Waals surface area (Å²) < 4.78 is 5.40. The van der Waals surface area contributed by atoms with E-state index in [0.29, 0.717) is 18.2 Å². The largest absolute Gasteiger partial charge is 0.377 e. The number of halogens is 1. The Kier molecular flexibility index (Phi) is 4.09. The van der Waals surface area contributed by atoms with Crippen molar-refractivity contribution in [2.24, 2.45) is 0 Å². The predicted molar refractivity (Wildman–Crippen MR) is 72.1 cm³/mol. The number of anilines is 1. The summed E-state index contributed by atoms with van der Waals surface area (Å²) >= 11 is 5.80. The van der Waals surface area contributed by atoms with Gasteiger partial charge < -0.3 is 15.0 Å². The fourth-order valence-corrected chi connectivity index (χ4v) is 2.25. The van der Waals surface area contributed by atoms with Crippen molar-refractivity contribution >= 4 is 23.3 Å². The van der Waals surface area contributed by atoms with E-state index in [0.717, 1.165) is 5.69 Å². The molecule has 2 rings (SSSR count). The molecule has 2 unspecified atom stereocenters. The second-order valence-electron chi connectivity index (χ2n) is 4.58. The van der Waals surface area contributed by atoms with Crippen LogP contribution in [0.1, 0.15) is 13.8 Å². The Labute approximate surface area is 112 Å². The van der Waals surface area contributed by atoms with Gasteiger partial charge in [-0.3, -0.25) is 0 Å². The van der Waals surface area contributed by atoms with Crippen molar-refractivity contribution in [3.63, 3.8) is 0 Å². The van der Waals surface area contributed by atoms with Crippen LogP contribution in [0, 0.1) is 0 Å². The Morgan fingerprint density at radius 3 is 2.39 bits per heavy atom. The highest BCUT2D eigenvalue weighted by Gasteiger charge is 2.29. The molecule has 1 fully saturated rings. The van der Waals surface area contributed by atoms with E-state index in [4.69, 9.17) is 16.3 Å². The zero-order chi connectivity index (χ0) is 13.1. The molecular formula is C13H17ClN2O2. The van der Waals surface area contributed by atoms with Crippen molar-refractivity contribution in [2.75, 3.05) is 18.5 Å². The van der Waals surface area contributed by atoms with Crippen molar-refractivity contribution < 1.29 is 9.53 Å². The molecule has 5 heteroatoms. The molecule has 1 N–H and O–H groups in total. The molecule has 0 saturated carbocycles. The fraction of sp³-hybridized carbons (Fsp3) is 0.462. The number of rotatable bonds is 1. The average molecular weight is 269 g/mol. The molecule has 0 aromatic heterocycles. The van der Waals surface area contributed by atoms with Gasteiger partial charge in [0.1, 0.15) is 0 Å². The molecule has 0 bridgehead atoms. The van der Waals surface area contributed by atoms with Gasteiger partial charge in [0.15, 0.2) is 0 Å². The first-order valence-electron chi connectivity index (χ1n) is 6.00. The van der Waals surface area contributed by atoms with Gasteiger partial charge in [-0.15, -0.1) is 0 Å². The second-order valence-corrected chi connectivity index (χ2v) is 5.02. The Bertz CT molecular complexity index is 412. The Morgan fingerprint density at radius 2 is 1.83 bits per heavy atom. The third-order valence-electron chi connectivity index (χ3n) is 3.00. The number of benzene rings is 1. The van der Waals surface area contributed by atoms with Crippen LogP contribution in [0.2, 0.25) is 5.02 Å². The molecule has 0 aliphatic carbocycles. The average Bonchev–Trinajstić information content (AvgIpc) is 2.32. The molecule has 2 amide bonds. The lowest BCUT2D eigenvalue weighted by Gasteiger charge is -2.38. The number of hydrogen-bond acceptors (Lipinski definition) is 2. The minimum absolute atomic E-state index is 0.0843. The van der Waals surface area contributed by atoms with E-state index in [1.54, 1.807) is 24.3 Å². The van der Waals surface area contributed by atoms with Crippen LogP contribution in [0.4, 0.5) is 10.5 Å². The maximum absolute atomic E-state index is 12.2. The first kappa shape index (κ1) is 13.2. The molecule has 1 aliphatic heterocycles. The van der Waals surface area contributed by atoms with Crippen molar-refractivity contribution in [1.29, 1.82) is 0 Å². The van der Waals surface area contributed by atoms with Crippen molar-refractivity contribution in [2.45, 2.75) is 25.9 Å². The Morgan fingerprint density at radius 1 is 1.28 bits per heavy atom. The van der Waals surface area contributed by atoms with E-state index >= 15 is 0 Å². The number of carbonyl (C=O) groups excluding carboxylic acids is 1. The molecule has 0 radical (unpaired) electrons. The molecule has 1 aliphatic rings. The summed E-state index contributed by atoms with van der Waals surface area (Å²) in [6, 6.07) is 7.15. The lowest BCUT2D eigenvalue weighted by Crippen LogP contribution is -2.53. The third kappa shape index (κ3) is 2.94. The minimum atomic E-state index is -0.0966. The maximum Gasteiger partial charge on any atom is 0.322 e. The molecule has 4 nitrogen and oxygen atoms in total. The molecule has 1 saturated heterocycles. The van der Waals surface area contributed by atoms with Gasteiger partial charge in [-0.25, -0.2) is 4.79 Å². The van der Waals surface area contributed by atoms with Crippen molar-refractivity contribution in [3.8, 4) is 0 Å². The van der Waals surface area contributed by atoms with E-state index in [9.17, 15) is 4.79 Å². The summed E-state index contributed by atoms with van der Waals surface area (Å²) in [5, 5.41) is 3.53. The van der Waals surface area contributed by atoms with E-state index in [-0.39, 0.29) is 18.1 Å². The fourth-order valence-electron chi connectivity index (χ4n) is 2.13. The van der Waals surface area contributed by atoms with Crippen LogP contribution >= 0.6 is 11.6 Å². The van der Waals surface area contributed by atoms with E-state index in [2.05, 4.69) is 5.32 Å². The van der Waals surface area contributed by atoms with Gasteiger partial charge in [-0.05, 0) is 38.1 Å². The molecule has 2 atom stereocenters. The van der Waals surface area contributed by atoms with Crippen LogP contribution in [0.3, 0.4) is 0 Å². The van der Waals surface area contributed by atoms with Crippen LogP contribution in [-0.2, 0) is 4.74 Å². The van der Waals surface area contributed by atoms with Gasteiger partial charge in [-0.2, -0.15) is 0 Å². The number of amides is 2. The number of nitrogens with one attached hydrogen (secondary N) is 1. The summed E-state index contributed by atoms with van der Waals surface area (Å²) in [5.41, 5.74) is 0.746. The van der Waals surface area contributed by atoms with Crippen LogP contribution in [0.15, 0.2) is 24.3 Å². The zero-order valence-corrected chi connectivity index (χ0v) is 11.3. The summed E-state index contributed by atoms with van der Waals surface area (Å²) in [5.74, 6) is 0. The lowest BCUT2D eigenvalue weighted by molar-refractivity contribution is -0.0111. The Balaban J connectivity index is 2.04. The quantitative estimate of drug-likeness (QED) is 0.851. The summed E-state index contributed by atoms with van der Waals surface area (Å²) in [6.07, 6.45) is 0. The van der Waals surface area contributed by atoms with Crippen LogP contribution in [0.5, 0.6) is 0 Å². The highest BCUT2D eigenvalue weighted by molar-refractivity contribution is 6.30.